The topological polar surface area (TPSA) is 368 Å². The summed E-state index contributed by atoms with van der Waals surface area (Å²) >= 11 is 0. The van der Waals surface area contributed by atoms with Crippen LogP contribution in [0.5, 0.6) is 0 Å². The van der Waals surface area contributed by atoms with Crippen molar-refractivity contribution in [3.05, 3.63) is 0 Å². The summed E-state index contributed by atoms with van der Waals surface area (Å²) in [5.74, 6) is -13.8. The highest BCUT2D eigenvalue weighted by molar-refractivity contribution is 5.89. The number of esters is 14. The lowest BCUT2D eigenvalue weighted by atomic mass is 9.55. The molecule has 0 aromatic carbocycles. The molecule has 568 valence electrons. The van der Waals surface area contributed by atoms with E-state index in [1.54, 1.807) is 13.8 Å². The lowest BCUT2D eigenvalue weighted by molar-refractivity contribution is -0.175. The molecule has 0 bridgehead atoms. The zero-order chi connectivity index (χ0) is 78.0. The molecule has 0 fully saturated rings. The highest BCUT2D eigenvalue weighted by atomic mass is 16.6. The van der Waals surface area contributed by atoms with Gasteiger partial charge in [-0.15, -0.1) is 0 Å². The van der Waals surface area contributed by atoms with Gasteiger partial charge >= 0.3 is 83.6 Å². The Morgan fingerprint density at radius 2 is 0.313 bits per heavy atom. The maximum absolute atomic E-state index is 14.8. The normalized spacial score (nSPS) is 19.7. The van der Waals surface area contributed by atoms with Gasteiger partial charge in [-0.1, -0.05) is 13.8 Å². The molecule has 0 N–H and O–H groups in total. The number of hydrogen-bond donors (Lipinski definition) is 0. The molecule has 0 aromatic rings. The Hall–Kier alpha value is -7.42. The summed E-state index contributed by atoms with van der Waals surface area (Å²) < 4.78 is 74.6. The van der Waals surface area contributed by atoms with E-state index >= 15 is 0 Å². The first-order valence-electron chi connectivity index (χ1n) is 32.4. The monoisotopic (exact) mass is 1420 g/mol. The summed E-state index contributed by atoms with van der Waals surface area (Å²) in [5.41, 5.74) is -24.4. The number of ether oxygens (including phenoxy) is 14. The van der Waals surface area contributed by atoms with Crippen molar-refractivity contribution in [1.29, 1.82) is 0 Å². The van der Waals surface area contributed by atoms with Gasteiger partial charge in [-0.2, -0.15) is 0 Å². The van der Waals surface area contributed by atoms with E-state index in [2.05, 4.69) is 0 Å². The molecular formula is C71H116O28. The van der Waals surface area contributed by atoms with Crippen molar-refractivity contribution in [3.63, 3.8) is 0 Å². The number of carbonyl (C=O) groups is 14. The van der Waals surface area contributed by atoms with Gasteiger partial charge < -0.3 is 66.3 Å². The number of rotatable bonds is 41. The van der Waals surface area contributed by atoms with E-state index < -0.39 is 231 Å². The van der Waals surface area contributed by atoms with Crippen LogP contribution in [0.2, 0.25) is 0 Å². The first-order valence-corrected chi connectivity index (χ1v) is 32.4. The molecule has 99 heavy (non-hydrogen) atoms. The lowest BCUT2D eigenvalue weighted by Gasteiger charge is -2.47. The maximum atomic E-state index is 14.8. The number of methoxy groups -OCH3 is 14. The fourth-order valence-electron chi connectivity index (χ4n) is 17.3. The van der Waals surface area contributed by atoms with E-state index in [9.17, 15) is 67.1 Å². The van der Waals surface area contributed by atoms with Crippen LogP contribution >= 0.6 is 0 Å². The molecule has 0 aromatic heterocycles. The summed E-state index contributed by atoms with van der Waals surface area (Å²) in [6, 6.07) is 0. The minimum atomic E-state index is -2.07. The Bertz CT molecular complexity index is 2960. The second-order valence-electron chi connectivity index (χ2n) is 30.8. The molecule has 0 amide bonds. The second kappa shape index (κ2) is 35.3. The third kappa shape index (κ3) is 21.3. The Kier molecular flexibility index (Phi) is 32.6. The van der Waals surface area contributed by atoms with Crippen LogP contribution in [0.4, 0.5) is 0 Å². The predicted molar refractivity (Wildman–Crippen MR) is 353 cm³/mol. The predicted octanol–water partition coefficient (Wildman–Crippen LogP) is 8.61. The standard InChI is InChI=1S/C71H116O28/c1-30-59(3,46(73)87-17)32-61(5,48(75)89-19)34-63(7,50(77)91-21)36-65(9,52(79)93-23)38-67(11,54(81)95-25)40-69(13,56(83)97-27)42-71(15,58(85)99-29)43-70(14,57(84)98-28)41-68(12,55(82)96-26)39-66(10,53(80)94-24)37-64(8,51(78)92-22)35-62(6,49(76)90-20)33-60(4,47(74)88-18)31-44(2)45(72)86-16/h44H,30-43H2,1-29H3. The van der Waals surface area contributed by atoms with Gasteiger partial charge in [-0.05, 0) is 180 Å². The minimum absolute atomic E-state index is 0.187. The van der Waals surface area contributed by atoms with Gasteiger partial charge in [-0.25, -0.2) is 0 Å². The number of hydrogen-bond acceptors (Lipinski definition) is 28. The van der Waals surface area contributed by atoms with Crippen molar-refractivity contribution in [3.8, 4) is 0 Å². The summed E-state index contributed by atoms with van der Waals surface area (Å²) in [6.45, 7) is 21.6. The van der Waals surface area contributed by atoms with Crippen LogP contribution in [0.25, 0.3) is 0 Å². The molecule has 0 radical (unpaired) electrons. The van der Waals surface area contributed by atoms with E-state index in [1.165, 1.54) is 104 Å². The zero-order valence-electron chi connectivity index (χ0n) is 64.4. The number of carbonyl (C=O) groups excluding carboxylic acids is 14. The SMILES string of the molecule is CCC(C)(CC(C)(CC(C)(CC(C)(CC(C)(CC(C)(CC(C)(CC(C)(CC(C)(CC(C)(CC(C)(CC(C)(CC(C)(CC(C)C(=O)OC)C(=O)OC)C(=O)OC)C(=O)OC)C(=O)OC)C(=O)OC)C(=O)OC)C(=O)OC)C(=O)OC)C(=O)OC)C(=O)OC)C(=O)OC)C(=O)OC)C(=O)OC. The van der Waals surface area contributed by atoms with E-state index in [0.717, 1.165) is 85.3 Å². The third-order valence-corrected chi connectivity index (χ3v) is 20.3. The van der Waals surface area contributed by atoms with Crippen LogP contribution < -0.4 is 0 Å². The fourth-order valence-corrected chi connectivity index (χ4v) is 17.3. The molecule has 14 atom stereocenters. The summed E-state index contributed by atoms with van der Waals surface area (Å²) in [5, 5.41) is 0. The molecule has 0 saturated carbocycles. The van der Waals surface area contributed by atoms with E-state index in [1.807, 2.05) is 0 Å². The quantitative estimate of drug-likeness (QED) is 0.0408. The van der Waals surface area contributed by atoms with Crippen molar-refractivity contribution in [1.82, 2.24) is 0 Å². The molecule has 0 saturated heterocycles. The molecule has 28 heteroatoms. The van der Waals surface area contributed by atoms with Gasteiger partial charge in [0.2, 0.25) is 0 Å². The summed E-state index contributed by atoms with van der Waals surface area (Å²) in [7, 11) is 15.2. The van der Waals surface area contributed by atoms with Gasteiger partial charge in [0.1, 0.15) is 0 Å². The molecular weight excluding hydrogens is 1300 g/mol. The Morgan fingerprint density at radius 1 is 0.202 bits per heavy atom. The fraction of sp³-hybridized carbons (Fsp3) is 0.803. The average molecular weight is 1420 g/mol. The van der Waals surface area contributed by atoms with Gasteiger partial charge in [0.15, 0.2) is 0 Å². The van der Waals surface area contributed by atoms with Crippen LogP contribution in [0, 0.1) is 76.3 Å². The van der Waals surface area contributed by atoms with E-state index in [4.69, 9.17) is 66.3 Å². The molecule has 0 heterocycles. The molecule has 0 aliphatic carbocycles. The average Bonchev–Trinajstić information content (AvgIpc) is 0.759. The van der Waals surface area contributed by atoms with Crippen molar-refractivity contribution in [2.24, 2.45) is 76.3 Å². The van der Waals surface area contributed by atoms with Crippen LogP contribution in [-0.4, -0.2) is 183 Å². The largest absolute Gasteiger partial charge is 0.469 e. The van der Waals surface area contributed by atoms with Gasteiger partial charge in [0.25, 0.3) is 0 Å². The van der Waals surface area contributed by atoms with Gasteiger partial charge in [0.05, 0.1) is 176 Å². The van der Waals surface area contributed by atoms with Crippen molar-refractivity contribution in [2.45, 2.75) is 194 Å². The van der Waals surface area contributed by atoms with Crippen LogP contribution in [0.15, 0.2) is 0 Å². The summed E-state index contributed by atoms with van der Waals surface area (Å²) in [6.07, 6.45) is -6.47. The van der Waals surface area contributed by atoms with Crippen LogP contribution in [0.3, 0.4) is 0 Å². The maximum Gasteiger partial charge on any atom is 0.311 e. The van der Waals surface area contributed by atoms with Crippen LogP contribution in [0.1, 0.15) is 194 Å². The van der Waals surface area contributed by atoms with Crippen molar-refractivity contribution >= 4 is 83.6 Å². The molecule has 14 unspecified atom stereocenters. The van der Waals surface area contributed by atoms with Crippen molar-refractivity contribution in [2.75, 3.05) is 99.5 Å². The molecule has 0 aliphatic heterocycles. The second-order valence-corrected chi connectivity index (χ2v) is 30.8. The molecule has 28 nitrogen and oxygen atoms in total. The Labute approximate surface area is 584 Å². The van der Waals surface area contributed by atoms with Gasteiger partial charge in [0, 0.05) is 0 Å². The van der Waals surface area contributed by atoms with Crippen LogP contribution in [-0.2, 0) is 133 Å². The van der Waals surface area contributed by atoms with Crippen molar-refractivity contribution < 1.29 is 133 Å². The highest BCUT2D eigenvalue weighted by Crippen LogP contribution is 2.59. The first-order chi connectivity index (χ1) is 45.2. The highest BCUT2D eigenvalue weighted by Gasteiger charge is 2.62. The molecule has 0 spiro atoms. The Morgan fingerprint density at radius 3 is 0.434 bits per heavy atom. The van der Waals surface area contributed by atoms with E-state index in [-0.39, 0.29) is 19.3 Å². The molecule has 0 aliphatic rings. The third-order valence-electron chi connectivity index (χ3n) is 20.3. The molecule has 0 rings (SSSR count). The smallest absolute Gasteiger partial charge is 0.311 e. The first kappa shape index (κ1) is 91.6. The summed E-state index contributed by atoms with van der Waals surface area (Å²) in [4.78, 5) is 200. The lowest BCUT2D eigenvalue weighted by Crippen LogP contribution is -2.51. The minimum Gasteiger partial charge on any atom is -0.469 e. The Balaban J connectivity index is 8.82. The zero-order valence-corrected chi connectivity index (χ0v) is 64.4. The van der Waals surface area contributed by atoms with E-state index in [0.29, 0.717) is 0 Å². The van der Waals surface area contributed by atoms with Gasteiger partial charge in [-0.3, -0.25) is 67.1 Å².